The van der Waals surface area contributed by atoms with E-state index in [2.05, 4.69) is 21.9 Å². The predicted octanol–water partition coefficient (Wildman–Crippen LogP) is 2.66. The molecule has 0 N–H and O–H groups in total. The van der Waals surface area contributed by atoms with Crippen LogP contribution in [-0.2, 0) is 24.3 Å². The van der Waals surface area contributed by atoms with E-state index in [-0.39, 0.29) is 0 Å². The van der Waals surface area contributed by atoms with Crippen LogP contribution in [-0.4, -0.2) is 59.5 Å². The second kappa shape index (κ2) is 15.4. The average molecular weight is 401 g/mol. The van der Waals surface area contributed by atoms with Gasteiger partial charge in [-0.15, -0.1) is 6.42 Å². The maximum absolute atomic E-state index is 5.58. The Morgan fingerprint density at radius 2 is 1.25 bits per heavy atom. The van der Waals surface area contributed by atoms with Gasteiger partial charge in [-0.3, -0.25) is 0 Å². The SMILES string of the molecule is C#CCOCCOCCOCCOCCOc1ccc(CBr)cc1. The Morgan fingerprint density at radius 1 is 0.750 bits per heavy atom. The maximum Gasteiger partial charge on any atom is 0.119 e. The minimum Gasteiger partial charge on any atom is -0.491 e. The van der Waals surface area contributed by atoms with Gasteiger partial charge in [0.2, 0.25) is 0 Å². The second-order valence-electron chi connectivity index (χ2n) is 4.72. The van der Waals surface area contributed by atoms with Gasteiger partial charge in [-0.2, -0.15) is 0 Å². The quantitative estimate of drug-likeness (QED) is 0.257. The van der Waals surface area contributed by atoms with Crippen molar-refractivity contribution < 1.29 is 23.7 Å². The smallest absolute Gasteiger partial charge is 0.119 e. The van der Waals surface area contributed by atoms with E-state index in [1.807, 2.05) is 24.3 Å². The van der Waals surface area contributed by atoms with E-state index in [4.69, 9.17) is 30.1 Å². The zero-order valence-corrected chi connectivity index (χ0v) is 15.5. The fraction of sp³-hybridized carbons (Fsp3) is 0.556. The van der Waals surface area contributed by atoms with Gasteiger partial charge in [0.05, 0.1) is 46.2 Å². The lowest BCUT2D eigenvalue weighted by molar-refractivity contribution is -0.00187. The third-order valence-electron chi connectivity index (χ3n) is 2.88. The highest BCUT2D eigenvalue weighted by Crippen LogP contribution is 2.13. The normalized spacial score (nSPS) is 10.5. The number of halogens is 1. The van der Waals surface area contributed by atoms with Crippen LogP contribution in [0.2, 0.25) is 0 Å². The van der Waals surface area contributed by atoms with Crippen LogP contribution in [0.4, 0.5) is 0 Å². The van der Waals surface area contributed by atoms with Gasteiger partial charge >= 0.3 is 0 Å². The second-order valence-corrected chi connectivity index (χ2v) is 5.28. The molecule has 0 aliphatic carbocycles. The summed E-state index contributed by atoms with van der Waals surface area (Å²) >= 11 is 3.41. The van der Waals surface area contributed by atoms with E-state index in [9.17, 15) is 0 Å². The van der Waals surface area contributed by atoms with E-state index >= 15 is 0 Å². The van der Waals surface area contributed by atoms with Crippen molar-refractivity contribution in [2.45, 2.75) is 5.33 Å². The van der Waals surface area contributed by atoms with Crippen LogP contribution in [0, 0.1) is 12.3 Å². The van der Waals surface area contributed by atoms with Crippen LogP contribution in [0.5, 0.6) is 5.75 Å². The summed E-state index contributed by atoms with van der Waals surface area (Å²) in [5.41, 5.74) is 1.22. The van der Waals surface area contributed by atoms with E-state index in [1.165, 1.54) is 5.56 Å². The van der Waals surface area contributed by atoms with Crippen LogP contribution in [0.15, 0.2) is 24.3 Å². The van der Waals surface area contributed by atoms with Crippen LogP contribution >= 0.6 is 15.9 Å². The van der Waals surface area contributed by atoms with Crippen molar-refractivity contribution in [3.8, 4) is 18.1 Å². The molecule has 0 unspecified atom stereocenters. The Labute approximate surface area is 152 Å². The first-order chi connectivity index (χ1) is 11.9. The molecule has 0 radical (unpaired) electrons. The highest BCUT2D eigenvalue weighted by molar-refractivity contribution is 9.08. The summed E-state index contributed by atoms with van der Waals surface area (Å²) in [6.45, 7) is 4.56. The summed E-state index contributed by atoms with van der Waals surface area (Å²) in [4.78, 5) is 0. The molecule has 6 heteroatoms. The minimum absolute atomic E-state index is 0.322. The third kappa shape index (κ3) is 11.4. The predicted molar refractivity (Wildman–Crippen MR) is 96.7 cm³/mol. The molecule has 5 nitrogen and oxygen atoms in total. The van der Waals surface area contributed by atoms with E-state index in [0.717, 1.165) is 11.1 Å². The molecule has 1 rings (SSSR count). The number of hydrogen-bond acceptors (Lipinski definition) is 5. The lowest BCUT2D eigenvalue weighted by Gasteiger charge is -2.08. The lowest BCUT2D eigenvalue weighted by atomic mass is 10.2. The fourth-order valence-corrected chi connectivity index (χ4v) is 2.06. The molecule has 0 fully saturated rings. The van der Waals surface area contributed by atoms with Gasteiger partial charge in [-0.25, -0.2) is 0 Å². The molecule has 24 heavy (non-hydrogen) atoms. The zero-order valence-electron chi connectivity index (χ0n) is 13.9. The van der Waals surface area contributed by atoms with Crippen LogP contribution < -0.4 is 4.74 Å². The van der Waals surface area contributed by atoms with Gasteiger partial charge in [0.1, 0.15) is 19.0 Å². The van der Waals surface area contributed by atoms with Crippen molar-refractivity contribution >= 4 is 15.9 Å². The Bertz CT molecular complexity index is 444. The Balaban J connectivity index is 1.81. The highest BCUT2D eigenvalue weighted by Gasteiger charge is 1.96. The summed E-state index contributed by atoms with van der Waals surface area (Å²) in [5, 5.41) is 0.848. The van der Waals surface area contributed by atoms with Gasteiger partial charge in [-0.05, 0) is 17.7 Å². The summed E-state index contributed by atoms with van der Waals surface area (Å²) in [7, 11) is 0. The van der Waals surface area contributed by atoms with Gasteiger partial charge < -0.3 is 23.7 Å². The fourth-order valence-electron chi connectivity index (χ4n) is 1.68. The van der Waals surface area contributed by atoms with Gasteiger partial charge in [0.15, 0.2) is 0 Å². The molecule has 0 aliphatic rings. The van der Waals surface area contributed by atoms with E-state index < -0.39 is 0 Å². The monoisotopic (exact) mass is 400 g/mol. The molecule has 0 aliphatic heterocycles. The summed E-state index contributed by atoms with van der Waals surface area (Å²) in [6, 6.07) is 7.97. The maximum atomic E-state index is 5.58. The Hall–Kier alpha value is -1.10. The first-order valence-electron chi connectivity index (χ1n) is 7.89. The zero-order chi connectivity index (χ0) is 17.3. The van der Waals surface area contributed by atoms with Gasteiger partial charge in [0.25, 0.3) is 0 Å². The van der Waals surface area contributed by atoms with Crippen molar-refractivity contribution in [1.29, 1.82) is 0 Å². The van der Waals surface area contributed by atoms with E-state index in [1.54, 1.807) is 0 Å². The van der Waals surface area contributed by atoms with Crippen molar-refractivity contribution in [2.75, 3.05) is 59.5 Å². The van der Waals surface area contributed by atoms with Gasteiger partial charge in [-0.1, -0.05) is 34.0 Å². The van der Waals surface area contributed by atoms with Crippen molar-refractivity contribution in [3.05, 3.63) is 29.8 Å². The molecule has 134 valence electrons. The summed E-state index contributed by atoms with van der Waals surface area (Å²) in [6.07, 6.45) is 5.05. The number of hydrogen-bond donors (Lipinski definition) is 0. The first-order valence-corrected chi connectivity index (χ1v) is 9.01. The van der Waals surface area contributed by atoms with Crippen molar-refractivity contribution in [2.24, 2.45) is 0 Å². The van der Waals surface area contributed by atoms with Crippen LogP contribution in [0.3, 0.4) is 0 Å². The minimum atomic E-state index is 0.322. The summed E-state index contributed by atoms with van der Waals surface area (Å²) in [5.74, 6) is 3.24. The molecule has 0 heterocycles. The molecule has 1 aromatic rings. The molecular weight excluding hydrogens is 376 g/mol. The topological polar surface area (TPSA) is 46.2 Å². The standard InChI is InChI=1S/C18H25BrO5/c1-2-7-20-8-9-21-10-11-22-12-13-23-14-15-24-18-5-3-17(16-19)4-6-18/h1,3-6H,7-16H2. The Morgan fingerprint density at radius 3 is 1.75 bits per heavy atom. The highest BCUT2D eigenvalue weighted by atomic mass is 79.9. The molecule has 0 saturated heterocycles. The van der Waals surface area contributed by atoms with E-state index in [0.29, 0.717) is 59.5 Å². The third-order valence-corrected chi connectivity index (χ3v) is 3.52. The molecular formula is C18H25BrO5. The molecule has 0 atom stereocenters. The lowest BCUT2D eigenvalue weighted by Crippen LogP contribution is -2.13. The van der Waals surface area contributed by atoms with Gasteiger partial charge in [0, 0.05) is 5.33 Å². The van der Waals surface area contributed by atoms with Crippen LogP contribution in [0.25, 0.3) is 0 Å². The van der Waals surface area contributed by atoms with Crippen molar-refractivity contribution in [1.82, 2.24) is 0 Å². The average Bonchev–Trinajstić information content (AvgIpc) is 2.62. The number of ether oxygens (including phenoxy) is 5. The molecule has 1 aromatic carbocycles. The molecule has 0 amide bonds. The van der Waals surface area contributed by atoms with Crippen LogP contribution in [0.1, 0.15) is 5.56 Å². The molecule has 0 bridgehead atoms. The largest absolute Gasteiger partial charge is 0.491 e. The first kappa shape index (κ1) is 20.9. The molecule has 0 aromatic heterocycles. The van der Waals surface area contributed by atoms with Crippen molar-refractivity contribution in [3.63, 3.8) is 0 Å². The number of alkyl halides is 1. The number of benzene rings is 1. The molecule has 0 spiro atoms. The number of rotatable bonds is 15. The Kier molecular flexibility index (Phi) is 13.5. The summed E-state index contributed by atoms with van der Waals surface area (Å²) < 4.78 is 26.8. The number of terminal acetylenes is 1. The molecule has 0 saturated carbocycles.